The first-order chi connectivity index (χ1) is 15.7. The number of benzene rings is 1. The van der Waals surface area contributed by atoms with Crippen LogP contribution in [0.15, 0.2) is 77.6 Å². The zero-order valence-electron chi connectivity index (χ0n) is 18.2. The number of rotatable bonds is 11. The molecule has 0 bridgehead atoms. The molecule has 0 aliphatic heterocycles. The van der Waals surface area contributed by atoms with Crippen LogP contribution in [0.1, 0.15) is 36.4 Å². The van der Waals surface area contributed by atoms with E-state index in [2.05, 4.69) is 15.3 Å². The summed E-state index contributed by atoms with van der Waals surface area (Å²) in [5.74, 6) is -1.44. The van der Waals surface area contributed by atoms with Gasteiger partial charge in [-0.3, -0.25) is 4.98 Å². The Morgan fingerprint density at radius 3 is 2.52 bits per heavy atom. The summed E-state index contributed by atoms with van der Waals surface area (Å²) in [7, 11) is 1.87. The predicted molar refractivity (Wildman–Crippen MR) is 123 cm³/mol. The Hall–Kier alpha value is -3.33. The summed E-state index contributed by atoms with van der Waals surface area (Å²) >= 11 is 0. The van der Waals surface area contributed by atoms with E-state index >= 15 is 0 Å². The summed E-state index contributed by atoms with van der Waals surface area (Å²) in [4.78, 5) is 8.13. The Morgan fingerprint density at radius 1 is 1.18 bits per heavy atom. The van der Waals surface area contributed by atoms with Gasteiger partial charge in [-0.25, -0.2) is 9.38 Å². The number of aromatic nitrogens is 1. The standard InChI is InChI=1S/C24H27F4N5/c1-31-13-4-2-6-18(22-7-3-5-14-32-22)12-15-33-23(30)20(24(26,27)28)16-21(29)17-8-10-19(25)11-9-17/h3,5,7-12,14-16,18,29,31H,2,4,6,13H2,1H3,(H2,30,33)/b15-12+,20-16+,29-21?. The number of hydrogen-bond acceptors (Lipinski definition) is 4. The summed E-state index contributed by atoms with van der Waals surface area (Å²) in [6, 6.07) is 10.1. The van der Waals surface area contributed by atoms with Crippen LogP contribution in [0.3, 0.4) is 0 Å². The lowest BCUT2D eigenvalue weighted by molar-refractivity contribution is -0.0860. The fourth-order valence-electron chi connectivity index (χ4n) is 3.06. The molecule has 5 nitrogen and oxygen atoms in total. The number of allylic oxidation sites excluding steroid dienone is 2. The number of nitrogens with one attached hydrogen (secondary N) is 2. The number of aliphatic imine (C=N–C) groups is 1. The zero-order valence-corrected chi connectivity index (χ0v) is 18.2. The van der Waals surface area contributed by atoms with Crippen LogP contribution in [0.4, 0.5) is 17.6 Å². The van der Waals surface area contributed by atoms with Crippen molar-refractivity contribution in [3.05, 3.63) is 89.7 Å². The Morgan fingerprint density at radius 2 is 1.91 bits per heavy atom. The maximum Gasteiger partial charge on any atom is 0.420 e. The third-order valence-electron chi connectivity index (χ3n) is 4.82. The van der Waals surface area contributed by atoms with Crippen molar-refractivity contribution in [2.45, 2.75) is 31.4 Å². The van der Waals surface area contributed by atoms with E-state index < -0.39 is 29.1 Å². The minimum absolute atomic E-state index is 0.123. The monoisotopic (exact) mass is 461 g/mol. The van der Waals surface area contributed by atoms with Gasteiger partial charge in [0.1, 0.15) is 11.7 Å². The van der Waals surface area contributed by atoms with Gasteiger partial charge in [-0.05, 0) is 74.5 Å². The molecule has 0 spiro atoms. The fourth-order valence-corrected chi connectivity index (χ4v) is 3.06. The lowest BCUT2D eigenvalue weighted by atomic mass is 9.97. The van der Waals surface area contributed by atoms with Crippen molar-refractivity contribution in [1.29, 1.82) is 5.41 Å². The first-order valence-electron chi connectivity index (χ1n) is 10.4. The first kappa shape index (κ1) is 25.9. The van der Waals surface area contributed by atoms with Crippen LogP contribution < -0.4 is 11.1 Å². The van der Waals surface area contributed by atoms with Gasteiger partial charge in [-0.1, -0.05) is 18.6 Å². The van der Waals surface area contributed by atoms with Gasteiger partial charge < -0.3 is 16.5 Å². The third kappa shape index (κ3) is 8.61. The van der Waals surface area contributed by atoms with Crippen LogP contribution >= 0.6 is 0 Å². The van der Waals surface area contributed by atoms with Crippen LogP contribution in [-0.2, 0) is 0 Å². The molecule has 33 heavy (non-hydrogen) atoms. The number of nitrogens with two attached hydrogens (primary N) is 1. The minimum Gasteiger partial charge on any atom is -0.383 e. The highest BCUT2D eigenvalue weighted by Gasteiger charge is 2.36. The molecule has 0 aliphatic rings. The SMILES string of the molecule is CNCCCCC(/C=C/N=C(N)/C(=C\C(=N)c1ccc(F)cc1)C(F)(F)F)c1ccccn1. The van der Waals surface area contributed by atoms with Crippen LogP contribution in [0.5, 0.6) is 0 Å². The quantitative estimate of drug-likeness (QED) is 0.188. The molecular formula is C24H27F4N5. The van der Waals surface area contributed by atoms with Crippen LogP contribution in [-0.4, -0.2) is 36.3 Å². The van der Waals surface area contributed by atoms with E-state index in [-0.39, 0.29) is 11.5 Å². The molecule has 0 fully saturated rings. The average molecular weight is 462 g/mol. The largest absolute Gasteiger partial charge is 0.420 e. The molecule has 176 valence electrons. The smallest absolute Gasteiger partial charge is 0.383 e. The lowest BCUT2D eigenvalue weighted by Gasteiger charge is -2.13. The van der Waals surface area contributed by atoms with Gasteiger partial charge >= 0.3 is 6.18 Å². The molecule has 0 radical (unpaired) electrons. The van der Waals surface area contributed by atoms with Crippen molar-refractivity contribution in [2.24, 2.45) is 10.7 Å². The molecule has 1 atom stereocenters. The number of unbranched alkanes of at least 4 members (excludes halogenated alkanes) is 1. The van der Waals surface area contributed by atoms with Crippen LogP contribution in [0.2, 0.25) is 0 Å². The topological polar surface area (TPSA) is 87.1 Å². The van der Waals surface area contributed by atoms with Crippen molar-refractivity contribution in [3.8, 4) is 0 Å². The highest BCUT2D eigenvalue weighted by molar-refractivity contribution is 6.12. The van der Waals surface area contributed by atoms with E-state index in [0.717, 1.165) is 43.6 Å². The Bertz CT molecular complexity index is 980. The van der Waals surface area contributed by atoms with Gasteiger partial charge in [0.15, 0.2) is 0 Å². The predicted octanol–water partition coefficient (Wildman–Crippen LogP) is 5.12. The number of halogens is 4. The molecule has 0 saturated heterocycles. The van der Waals surface area contributed by atoms with Gasteiger partial charge in [0.2, 0.25) is 0 Å². The number of hydrogen-bond donors (Lipinski definition) is 3. The molecule has 9 heteroatoms. The normalized spacial score (nSPS) is 14.0. The average Bonchev–Trinajstić information content (AvgIpc) is 2.79. The van der Waals surface area contributed by atoms with E-state index in [0.29, 0.717) is 6.08 Å². The lowest BCUT2D eigenvalue weighted by Crippen LogP contribution is -2.27. The second-order valence-electron chi connectivity index (χ2n) is 7.29. The van der Waals surface area contributed by atoms with Crippen molar-refractivity contribution in [3.63, 3.8) is 0 Å². The van der Waals surface area contributed by atoms with Gasteiger partial charge in [-0.15, -0.1) is 0 Å². The van der Waals surface area contributed by atoms with Gasteiger partial charge in [0, 0.05) is 24.0 Å². The first-order valence-corrected chi connectivity index (χ1v) is 10.4. The van der Waals surface area contributed by atoms with Gasteiger partial charge in [-0.2, -0.15) is 13.2 Å². The molecular weight excluding hydrogens is 434 g/mol. The third-order valence-corrected chi connectivity index (χ3v) is 4.82. The van der Waals surface area contributed by atoms with Crippen molar-refractivity contribution in [2.75, 3.05) is 13.6 Å². The summed E-state index contributed by atoms with van der Waals surface area (Å²) in [5.41, 5.74) is 4.86. The maximum absolute atomic E-state index is 13.6. The molecule has 1 aromatic heterocycles. The van der Waals surface area contributed by atoms with E-state index in [1.807, 2.05) is 19.2 Å². The number of alkyl halides is 3. The van der Waals surface area contributed by atoms with Crippen LogP contribution in [0, 0.1) is 11.2 Å². The van der Waals surface area contributed by atoms with Gasteiger partial charge in [0.25, 0.3) is 0 Å². The maximum atomic E-state index is 13.6. The summed E-state index contributed by atoms with van der Waals surface area (Å²) in [5, 5.41) is 11.0. The molecule has 2 aromatic rings. The molecule has 1 heterocycles. The van der Waals surface area contributed by atoms with E-state index in [4.69, 9.17) is 11.1 Å². The molecule has 0 aliphatic carbocycles. The van der Waals surface area contributed by atoms with Crippen LogP contribution in [0.25, 0.3) is 0 Å². The summed E-state index contributed by atoms with van der Waals surface area (Å²) in [6.45, 7) is 0.865. The summed E-state index contributed by atoms with van der Waals surface area (Å²) < 4.78 is 53.8. The van der Waals surface area contributed by atoms with E-state index in [9.17, 15) is 17.6 Å². The fraction of sp³-hybridized carbons (Fsp3) is 0.292. The molecule has 1 aromatic carbocycles. The van der Waals surface area contributed by atoms with Crippen molar-refractivity contribution >= 4 is 11.5 Å². The molecule has 0 amide bonds. The Balaban J connectivity index is 2.24. The second kappa shape index (κ2) is 12.6. The minimum atomic E-state index is -4.82. The number of pyridine rings is 1. The van der Waals surface area contributed by atoms with Crippen molar-refractivity contribution in [1.82, 2.24) is 10.3 Å². The molecule has 0 saturated carbocycles. The number of nitrogens with zero attached hydrogens (tertiary/aromatic N) is 2. The molecule has 4 N–H and O–H groups in total. The highest BCUT2D eigenvalue weighted by Crippen LogP contribution is 2.27. The highest BCUT2D eigenvalue weighted by atomic mass is 19.4. The zero-order chi connectivity index (χ0) is 24.3. The molecule has 1 unspecified atom stereocenters. The molecule has 2 rings (SSSR count). The Labute approximate surface area is 190 Å². The van der Waals surface area contributed by atoms with Crippen molar-refractivity contribution < 1.29 is 17.6 Å². The van der Waals surface area contributed by atoms with E-state index in [1.165, 1.54) is 18.3 Å². The summed E-state index contributed by atoms with van der Waals surface area (Å²) in [6.07, 6.45) is 2.95. The second-order valence-corrected chi connectivity index (χ2v) is 7.29. The van der Waals surface area contributed by atoms with Gasteiger partial charge in [0.05, 0.1) is 11.3 Å². The van der Waals surface area contributed by atoms with E-state index in [1.54, 1.807) is 18.3 Å². The Kier molecular flexibility index (Phi) is 9.93. The number of amidine groups is 1.